The maximum atomic E-state index is 12.1. The molecule has 4 nitrogen and oxygen atoms in total. The van der Waals surface area contributed by atoms with Crippen molar-refractivity contribution in [1.29, 1.82) is 0 Å². The number of carbonyl (C=O) groups is 1. The Morgan fingerprint density at radius 2 is 2.18 bits per heavy atom. The molecule has 4 heteroatoms. The molecule has 0 radical (unpaired) electrons. The molecule has 0 bridgehead atoms. The number of aromatic nitrogens is 2. The van der Waals surface area contributed by atoms with Gasteiger partial charge in [0.15, 0.2) is 5.78 Å². The number of Topliss-reactive ketones (excluding diaryl/α,β-unsaturated/α-hetero) is 1. The van der Waals surface area contributed by atoms with Crippen LogP contribution in [0.4, 0.5) is 0 Å². The molecule has 96 valence electrons. The zero-order chi connectivity index (χ0) is 13.1. The lowest BCUT2D eigenvalue weighted by molar-refractivity contribution is -0.123. The Balaban J connectivity index is 2.77. The number of hydrogen-bond donors (Lipinski definition) is 1. The van der Waals surface area contributed by atoms with Gasteiger partial charge in [-0.05, 0) is 25.8 Å². The Bertz CT molecular complexity index is 393. The molecule has 0 aliphatic heterocycles. The number of carbonyl (C=O) groups excluding carboxylic acids is 1. The first-order valence-electron chi connectivity index (χ1n) is 6.24. The third kappa shape index (κ3) is 3.40. The van der Waals surface area contributed by atoms with E-state index in [1.54, 1.807) is 4.68 Å². The molecule has 1 aromatic rings. The zero-order valence-corrected chi connectivity index (χ0v) is 11.3. The molecule has 0 fully saturated rings. The second-order valence-corrected chi connectivity index (χ2v) is 4.87. The summed E-state index contributed by atoms with van der Waals surface area (Å²) in [5.74, 6) is 0.0880. The van der Waals surface area contributed by atoms with Crippen LogP contribution in [0.25, 0.3) is 0 Å². The SMILES string of the molecule is CCCC(C)(N)C(=O)Cc1cc(CC)nn1C. The Morgan fingerprint density at radius 1 is 1.53 bits per heavy atom. The molecule has 0 aliphatic carbocycles. The average molecular weight is 237 g/mol. The van der Waals surface area contributed by atoms with Crippen LogP contribution in [0.1, 0.15) is 45.0 Å². The normalized spacial score (nSPS) is 14.6. The van der Waals surface area contributed by atoms with Crippen LogP contribution >= 0.6 is 0 Å². The first-order chi connectivity index (χ1) is 7.90. The molecule has 0 spiro atoms. The molecular weight excluding hydrogens is 214 g/mol. The average Bonchev–Trinajstić information content (AvgIpc) is 2.59. The summed E-state index contributed by atoms with van der Waals surface area (Å²) in [6.07, 6.45) is 2.90. The van der Waals surface area contributed by atoms with Gasteiger partial charge in [0.25, 0.3) is 0 Å². The van der Waals surface area contributed by atoms with E-state index in [4.69, 9.17) is 5.73 Å². The summed E-state index contributed by atoms with van der Waals surface area (Å²) in [5.41, 5.74) is 7.27. The molecular formula is C13H23N3O. The number of nitrogens with two attached hydrogens (primary N) is 1. The highest BCUT2D eigenvalue weighted by atomic mass is 16.1. The number of nitrogens with zero attached hydrogens (tertiary/aromatic N) is 2. The lowest BCUT2D eigenvalue weighted by atomic mass is 9.90. The summed E-state index contributed by atoms with van der Waals surface area (Å²) in [6, 6.07) is 1.99. The van der Waals surface area contributed by atoms with Crippen molar-refractivity contribution in [3.8, 4) is 0 Å². The Hall–Kier alpha value is -1.16. The molecule has 17 heavy (non-hydrogen) atoms. The minimum absolute atomic E-state index is 0.0880. The van der Waals surface area contributed by atoms with Crippen LogP contribution in [0.5, 0.6) is 0 Å². The van der Waals surface area contributed by atoms with Crippen LogP contribution in [-0.2, 0) is 24.7 Å². The highest BCUT2D eigenvalue weighted by Crippen LogP contribution is 2.14. The first kappa shape index (κ1) is 13.9. The molecule has 0 amide bonds. The fraction of sp³-hybridized carbons (Fsp3) is 0.692. The number of rotatable bonds is 6. The maximum Gasteiger partial charge on any atom is 0.158 e. The lowest BCUT2D eigenvalue weighted by Gasteiger charge is -2.22. The summed E-state index contributed by atoms with van der Waals surface area (Å²) in [7, 11) is 1.87. The lowest BCUT2D eigenvalue weighted by Crippen LogP contribution is -2.45. The largest absolute Gasteiger partial charge is 0.319 e. The van der Waals surface area contributed by atoms with Gasteiger partial charge in [0.2, 0.25) is 0 Å². The van der Waals surface area contributed by atoms with Gasteiger partial charge >= 0.3 is 0 Å². The zero-order valence-electron chi connectivity index (χ0n) is 11.3. The van der Waals surface area contributed by atoms with Crippen molar-refractivity contribution >= 4 is 5.78 Å². The predicted molar refractivity (Wildman–Crippen MR) is 68.8 cm³/mol. The van der Waals surface area contributed by atoms with E-state index in [9.17, 15) is 4.79 Å². The Labute approximate surface area is 103 Å². The molecule has 1 unspecified atom stereocenters. The van der Waals surface area contributed by atoms with Gasteiger partial charge in [0.1, 0.15) is 0 Å². The number of ketones is 1. The summed E-state index contributed by atoms with van der Waals surface area (Å²) < 4.78 is 1.78. The van der Waals surface area contributed by atoms with Gasteiger partial charge in [-0.3, -0.25) is 9.48 Å². The van der Waals surface area contributed by atoms with Crippen molar-refractivity contribution in [2.75, 3.05) is 0 Å². The molecule has 0 saturated heterocycles. The van der Waals surface area contributed by atoms with Gasteiger partial charge in [0.05, 0.1) is 17.7 Å². The van der Waals surface area contributed by atoms with Crippen LogP contribution in [0.15, 0.2) is 6.07 Å². The third-order valence-corrected chi connectivity index (χ3v) is 3.14. The van der Waals surface area contributed by atoms with E-state index in [0.29, 0.717) is 6.42 Å². The van der Waals surface area contributed by atoms with Gasteiger partial charge in [-0.2, -0.15) is 5.10 Å². The van der Waals surface area contributed by atoms with E-state index >= 15 is 0 Å². The van der Waals surface area contributed by atoms with Crippen LogP contribution in [0.2, 0.25) is 0 Å². The van der Waals surface area contributed by atoms with E-state index in [-0.39, 0.29) is 5.78 Å². The van der Waals surface area contributed by atoms with E-state index < -0.39 is 5.54 Å². The van der Waals surface area contributed by atoms with E-state index in [1.165, 1.54) is 0 Å². The number of hydrogen-bond acceptors (Lipinski definition) is 3. The molecule has 0 saturated carbocycles. The fourth-order valence-electron chi connectivity index (χ4n) is 1.93. The van der Waals surface area contributed by atoms with Crippen molar-refractivity contribution in [1.82, 2.24) is 9.78 Å². The predicted octanol–water partition coefficient (Wildman–Crippen LogP) is 1.61. The smallest absolute Gasteiger partial charge is 0.158 e. The fourth-order valence-corrected chi connectivity index (χ4v) is 1.93. The van der Waals surface area contributed by atoms with E-state index in [1.807, 2.05) is 27.0 Å². The summed E-state index contributed by atoms with van der Waals surface area (Å²) in [4.78, 5) is 12.1. The third-order valence-electron chi connectivity index (χ3n) is 3.14. The molecule has 1 atom stereocenters. The second kappa shape index (κ2) is 5.45. The Kier molecular flexibility index (Phi) is 4.46. The van der Waals surface area contributed by atoms with Gasteiger partial charge in [-0.25, -0.2) is 0 Å². The Morgan fingerprint density at radius 3 is 2.65 bits per heavy atom. The minimum Gasteiger partial charge on any atom is -0.319 e. The van der Waals surface area contributed by atoms with Crippen molar-refractivity contribution in [3.63, 3.8) is 0 Å². The van der Waals surface area contributed by atoms with Gasteiger partial charge < -0.3 is 5.73 Å². The first-order valence-corrected chi connectivity index (χ1v) is 6.24. The van der Waals surface area contributed by atoms with Crippen molar-refractivity contribution in [2.24, 2.45) is 12.8 Å². The van der Waals surface area contributed by atoms with Crippen LogP contribution in [0, 0.1) is 0 Å². The summed E-state index contributed by atoms with van der Waals surface area (Å²) in [6.45, 7) is 5.91. The van der Waals surface area contributed by atoms with Gasteiger partial charge in [-0.15, -0.1) is 0 Å². The standard InChI is InChI=1S/C13H23N3O/c1-5-7-13(3,14)12(17)9-11-8-10(6-2)15-16(11)4/h8H,5-7,9,14H2,1-4H3. The highest BCUT2D eigenvalue weighted by Gasteiger charge is 2.27. The molecule has 2 N–H and O–H groups in total. The quantitative estimate of drug-likeness (QED) is 0.817. The van der Waals surface area contributed by atoms with E-state index in [2.05, 4.69) is 12.0 Å². The van der Waals surface area contributed by atoms with Crippen LogP contribution in [-0.4, -0.2) is 21.1 Å². The molecule has 1 heterocycles. The summed E-state index contributed by atoms with van der Waals surface area (Å²) >= 11 is 0. The van der Waals surface area contributed by atoms with Gasteiger partial charge in [0, 0.05) is 12.7 Å². The second-order valence-electron chi connectivity index (χ2n) is 4.87. The molecule has 1 rings (SSSR count). The maximum absolute atomic E-state index is 12.1. The molecule has 1 aromatic heterocycles. The van der Waals surface area contributed by atoms with Crippen molar-refractivity contribution in [2.45, 2.75) is 52.0 Å². The van der Waals surface area contributed by atoms with Gasteiger partial charge in [-0.1, -0.05) is 20.3 Å². The van der Waals surface area contributed by atoms with Crippen LogP contribution in [0.3, 0.4) is 0 Å². The highest BCUT2D eigenvalue weighted by molar-refractivity contribution is 5.89. The molecule has 0 aliphatic rings. The van der Waals surface area contributed by atoms with E-state index in [0.717, 1.165) is 30.7 Å². The molecule has 0 aromatic carbocycles. The van der Waals surface area contributed by atoms with Crippen molar-refractivity contribution < 1.29 is 4.79 Å². The number of aryl methyl sites for hydroxylation is 2. The summed E-state index contributed by atoms with van der Waals surface area (Å²) in [5, 5.41) is 4.33. The topological polar surface area (TPSA) is 60.9 Å². The monoisotopic (exact) mass is 237 g/mol. The minimum atomic E-state index is -0.717. The van der Waals surface area contributed by atoms with Crippen LogP contribution < -0.4 is 5.73 Å². The van der Waals surface area contributed by atoms with Crippen molar-refractivity contribution in [3.05, 3.63) is 17.5 Å².